The van der Waals surface area contributed by atoms with E-state index in [9.17, 15) is 4.39 Å². The molecule has 1 aliphatic heterocycles. The summed E-state index contributed by atoms with van der Waals surface area (Å²) in [5.41, 5.74) is 3.64. The smallest absolute Gasteiger partial charge is 0.141 e. The summed E-state index contributed by atoms with van der Waals surface area (Å²) in [4.78, 5) is 6.15. The predicted molar refractivity (Wildman–Crippen MR) is 70.2 cm³/mol. The average molecular weight is 240 g/mol. The van der Waals surface area contributed by atoms with Crippen LogP contribution in [0.25, 0.3) is 0 Å². The van der Waals surface area contributed by atoms with Crippen LogP contribution in [-0.2, 0) is 6.42 Å². The third-order valence-electron chi connectivity index (χ3n) is 3.03. The number of aromatic nitrogens is 1. The first-order valence-electron chi connectivity index (χ1n) is 5.90. The Balaban J connectivity index is 2.10. The summed E-state index contributed by atoms with van der Waals surface area (Å²) in [5, 5.41) is 0. The fourth-order valence-corrected chi connectivity index (χ4v) is 2.23. The van der Waals surface area contributed by atoms with E-state index in [0.29, 0.717) is 0 Å². The lowest BCUT2D eigenvalue weighted by Crippen LogP contribution is -2.17. The van der Waals surface area contributed by atoms with Crippen molar-refractivity contribution in [1.82, 2.24) is 4.98 Å². The number of anilines is 2. The Morgan fingerprint density at radius 3 is 2.78 bits per heavy atom. The highest BCUT2D eigenvalue weighted by Crippen LogP contribution is 2.33. The summed E-state index contributed by atoms with van der Waals surface area (Å²) in [5.74, 6) is 0.424. The van der Waals surface area contributed by atoms with E-state index in [0.717, 1.165) is 17.9 Å². The number of halogens is 1. The molecule has 0 aliphatic carbocycles. The van der Waals surface area contributed by atoms with Gasteiger partial charge in [0.15, 0.2) is 0 Å². The Morgan fingerprint density at radius 2 is 2.00 bits per heavy atom. The first kappa shape index (κ1) is 11.0. The molecule has 1 aliphatic rings. The molecule has 0 amide bonds. The Kier molecular flexibility index (Phi) is 2.59. The Bertz CT molecular complexity index is 602. The molecule has 2 aromatic rings. The number of pyridine rings is 1. The first-order chi connectivity index (χ1) is 8.74. The van der Waals surface area contributed by atoms with Gasteiger partial charge < -0.3 is 4.90 Å². The van der Waals surface area contributed by atoms with Gasteiger partial charge in [0.05, 0.1) is 11.9 Å². The molecule has 3 rings (SSSR count). The quantitative estimate of drug-likeness (QED) is 0.753. The molecule has 18 heavy (non-hydrogen) atoms. The lowest BCUT2D eigenvalue weighted by Gasteiger charge is -2.27. The molecule has 0 radical (unpaired) electrons. The monoisotopic (exact) mass is 240 g/mol. The minimum Gasteiger partial charge on any atom is -0.302 e. The van der Waals surface area contributed by atoms with Crippen LogP contribution in [0, 0.1) is 5.82 Å². The van der Waals surface area contributed by atoms with E-state index in [1.54, 1.807) is 6.07 Å². The second-order valence-electron chi connectivity index (χ2n) is 4.49. The molecule has 1 aromatic heterocycles. The summed E-state index contributed by atoms with van der Waals surface area (Å²) < 4.78 is 12.9. The maximum Gasteiger partial charge on any atom is 0.141 e. The molecule has 90 valence electrons. The van der Waals surface area contributed by atoms with Crippen LogP contribution in [0.4, 0.5) is 15.9 Å². The summed E-state index contributed by atoms with van der Waals surface area (Å²) in [6, 6.07) is 11.3. The Labute approximate surface area is 105 Å². The van der Waals surface area contributed by atoms with Gasteiger partial charge in [0, 0.05) is 6.20 Å². The Morgan fingerprint density at radius 1 is 1.17 bits per heavy atom. The minimum atomic E-state index is -0.315. The summed E-state index contributed by atoms with van der Waals surface area (Å²) in [7, 11) is 0. The number of allylic oxidation sites excluding steroid dienone is 1. The third-order valence-corrected chi connectivity index (χ3v) is 3.03. The minimum absolute atomic E-state index is 0.315. The van der Waals surface area contributed by atoms with Gasteiger partial charge >= 0.3 is 0 Å². The van der Waals surface area contributed by atoms with Gasteiger partial charge in [-0.2, -0.15) is 0 Å². The molecule has 0 saturated heterocycles. The number of rotatable bonds is 1. The number of para-hydroxylation sites is 1. The van der Waals surface area contributed by atoms with Crippen LogP contribution in [-0.4, -0.2) is 4.98 Å². The van der Waals surface area contributed by atoms with Crippen molar-refractivity contribution in [2.45, 2.75) is 13.3 Å². The van der Waals surface area contributed by atoms with Gasteiger partial charge in [-0.3, -0.25) is 0 Å². The molecule has 0 atom stereocenters. The topological polar surface area (TPSA) is 16.1 Å². The SMILES string of the molecule is CC1=CN(c2ccc(F)cn2)c2ccccc2C1. The fourth-order valence-electron chi connectivity index (χ4n) is 2.23. The van der Waals surface area contributed by atoms with Crippen molar-refractivity contribution >= 4 is 11.5 Å². The number of hydrogen-bond donors (Lipinski definition) is 0. The maximum atomic E-state index is 12.9. The summed E-state index contributed by atoms with van der Waals surface area (Å²) >= 11 is 0. The van der Waals surface area contributed by atoms with Crippen molar-refractivity contribution in [1.29, 1.82) is 0 Å². The van der Waals surface area contributed by atoms with E-state index >= 15 is 0 Å². The summed E-state index contributed by atoms with van der Waals surface area (Å²) in [6.45, 7) is 2.09. The van der Waals surface area contributed by atoms with Crippen molar-refractivity contribution in [3.05, 3.63) is 65.7 Å². The number of fused-ring (bicyclic) bond motifs is 1. The van der Waals surface area contributed by atoms with Gasteiger partial charge in [0.1, 0.15) is 11.6 Å². The maximum absolute atomic E-state index is 12.9. The van der Waals surface area contributed by atoms with Crippen LogP contribution in [0.3, 0.4) is 0 Å². The van der Waals surface area contributed by atoms with Gasteiger partial charge in [-0.25, -0.2) is 9.37 Å². The van der Waals surface area contributed by atoms with E-state index in [-0.39, 0.29) is 5.82 Å². The molecule has 3 heteroatoms. The second kappa shape index (κ2) is 4.26. The van der Waals surface area contributed by atoms with E-state index in [1.165, 1.54) is 23.4 Å². The van der Waals surface area contributed by atoms with Crippen molar-refractivity contribution in [3.8, 4) is 0 Å². The highest BCUT2D eigenvalue weighted by Gasteiger charge is 2.17. The zero-order valence-electron chi connectivity index (χ0n) is 10.1. The van der Waals surface area contributed by atoms with Crippen molar-refractivity contribution < 1.29 is 4.39 Å². The number of nitrogens with zero attached hydrogens (tertiary/aromatic N) is 2. The molecule has 2 nitrogen and oxygen atoms in total. The first-order valence-corrected chi connectivity index (χ1v) is 5.90. The van der Waals surface area contributed by atoms with Gasteiger partial charge in [0.2, 0.25) is 0 Å². The molecular formula is C15H13FN2. The molecule has 0 fully saturated rings. The number of hydrogen-bond acceptors (Lipinski definition) is 2. The molecule has 1 aromatic carbocycles. The van der Waals surface area contributed by atoms with E-state index in [1.807, 2.05) is 17.0 Å². The van der Waals surface area contributed by atoms with Gasteiger partial charge in [-0.15, -0.1) is 0 Å². The predicted octanol–water partition coefficient (Wildman–Crippen LogP) is 3.82. The lowest BCUT2D eigenvalue weighted by atomic mass is 10.0. The molecule has 0 spiro atoms. The zero-order valence-corrected chi connectivity index (χ0v) is 10.1. The largest absolute Gasteiger partial charge is 0.302 e. The fraction of sp³-hybridized carbons (Fsp3) is 0.133. The van der Waals surface area contributed by atoms with Crippen LogP contribution in [0.5, 0.6) is 0 Å². The standard InChI is InChI=1S/C15H13FN2/c1-11-8-12-4-2-3-5-14(12)18(10-11)15-7-6-13(16)9-17-15/h2-7,9-10H,8H2,1H3. The molecule has 0 saturated carbocycles. The molecule has 0 bridgehead atoms. The van der Waals surface area contributed by atoms with Crippen LogP contribution in [0.1, 0.15) is 12.5 Å². The van der Waals surface area contributed by atoms with E-state index < -0.39 is 0 Å². The van der Waals surface area contributed by atoms with Crippen molar-refractivity contribution in [3.63, 3.8) is 0 Å². The van der Waals surface area contributed by atoms with Crippen LogP contribution >= 0.6 is 0 Å². The molecule has 0 unspecified atom stereocenters. The average Bonchev–Trinajstić information content (AvgIpc) is 2.38. The van der Waals surface area contributed by atoms with Crippen molar-refractivity contribution in [2.24, 2.45) is 0 Å². The van der Waals surface area contributed by atoms with Crippen LogP contribution < -0.4 is 4.90 Å². The van der Waals surface area contributed by atoms with Gasteiger partial charge in [0.25, 0.3) is 0 Å². The van der Waals surface area contributed by atoms with E-state index in [2.05, 4.69) is 30.2 Å². The van der Waals surface area contributed by atoms with Gasteiger partial charge in [-0.05, 0) is 37.1 Å². The van der Waals surface area contributed by atoms with Gasteiger partial charge in [-0.1, -0.05) is 23.8 Å². The number of benzene rings is 1. The Hall–Kier alpha value is -2.16. The lowest BCUT2D eigenvalue weighted by molar-refractivity contribution is 0.621. The van der Waals surface area contributed by atoms with E-state index in [4.69, 9.17) is 0 Å². The molecule has 2 heterocycles. The van der Waals surface area contributed by atoms with Crippen LogP contribution in [0.2, 0.25) is 0 Å². The molecular weight excluding hydrogens is 227 g/mol. The van der Waals surface area contributed by atoms with Crippen molar-refractivity contribution in [2.75, 3.05) is 4.90 Å². The summed E-state index contributed by atoms with van der Waals surface area (Å²) in [6.07, 6.45) is 4.26. The highest BCUT2D eigenvalue weighted by molar-refractivity contribution is 5.69. The molecule has 0 N–H and O–H groups in total. The van der Waals surface area contributed by atoms with Crippen LogP contribution in [0.15, 0.2) is 54.4 Å². The second-order valence-corrected chi connectivity index (χ2v) is 4.49. The highest BCUT2D eigenvalue weighted by atomic mass is 19.1. The third kappa shape index (κ3) is 1.88. The normalized spacial score (nSPS) is 14.1. The zero-order chi connectivity index (χ0) is 12.5.